The van der Waals surface area contributed by atoms with Crippen molar-refractivity contribution in [3.05, 3.63) is 59.5 Å². The van der Waals surface area contributed by atoms with E-state index in [2.05, 4.69) is 20.4 Å². The lowest BCUT2D eigenvalue weighted by molar-refractivity contribution is -0.0891. The number of aromatic nitrogens is 3. The average Bonchev–Trinajstić information content (AvgIpc) is 3.33. The summed E-state index contributed by atoms with van der Waals surface area (Å²) in [5, 5.41) is 26.3. The maximum absolute atomic E-state index is 13.3. The molecule has 158 valence electrons. The fourth-order valence-corrected chi connectivity index (χ4v) is 3.34. The van der Waals surface area contributed by atoms with Crippen LogP contribution in [0.2, 0.25) is 0 Å². The molecule has 0 aliphatic carbocycles. The summed E-state index contributed by atoms with van der Waals surface area (Å²) in [4.78, 5) is 9.75. The van der Waals surface area contributed by atoms with E-state index in [0.29, 0.717) is 28.6 Å². The number of hydrogen-bond acceptors (Lipinski definition) is 7. The predicted octanol–water partition coefficient (Wildman–Crippen LogP) is 1.90. The van der Waals surface area contributed by atoms with Crippen molar-refractivity contribution in [1.29, 1.82) is 0 Å². The summed E-state index contributed by atoms with van der Waals surface area (Å²) in [7, 11) is 0. The number of halogens is 3. The molecule has 8 nitrogen and oxygen atoms in total. The van der Waals surface area contributed by atoms with Crippen LogP contribution < -0.4 is 5.32 Å². The molecule has 3 heterocycles. The normalized spacial score (nSPS) is 18.7. The monoisotopic (exact) mass is 420 g/mol. The number of amidine groups is 1. The molecule has 3 N–H and O–H groups in total. The predicted molar refractivity (Wildman–Crippen MR) is 103 cm³/mol. The van der Waals surface area contributed by atoms with Crippen LogP contribution in [0.4, 0.5) is 18.9 Å². The van der Waals surface area contributed by atoms with Gasteiger partial charge in [-0.15, -0.1) is 0 Å². The number of aliphatic hydroxyl groups excluding tert-OH is 2. The zero-order valence-corrected chi connectivity index (χ0v) is 15.9. The molecule has 0 amide bonds. The van der Waals surface area contributed by atoms with Gasteiger partial charge in [-0.05, 0) is 31.2 Å². The van der Waals surface area contributed by atoms with Gasteiger partial charge in [0.15, 0.2) is 5.84 Å². The van der Waals surface area contributed by atoms with Gasteiger partial charge in [-0.3, -0.25) is 4.99 Å². The van der Waals surface area contributed by atoms with E-state index in [4.69, 9.17) is 0 Å². The van der Waals surface area contributed by atoms with Crippen LogP contribution in [0.25, 0.3) is 5.69 Å². The summed E-state index contributed by atoms with van der Waals surface area (Å²) in [6.45, 7) is 1.34. The molecule has 0 bridgehead atoms. The highest BCUT2D eigenvalue weighted by Crippen LogP contribution is 2.33. The molecule has 11 heteroatoms. The number of alkyl halides is 3. The van der Waals surface area contributed by atoms with Crippen LogP contribution >= 0.6 is 0 Å². The Kier molecular flexibility index (Phi) is 5.08. The summed E-state index contributed by atoms with van der Waals surface area (Å²) in [6, 6.07) is 4.49. The lowest BCUT2D eigenvalue weighted by Crippen LogP contribution is -2.33. The van der Waals surface area contributed by atoms with E-state index in [1.807, 2.05) is 0 Å². The van der Waals surface area contributed by atoms with Crippen molar-refractivity contribution in [3.8, 4) is 5.69 Å². The van der Waals surface area contributed by atoms with Gasteiger partial charge < -0.3 is 20.4 Å². The summed E-state index contributed by atoms with van der Waals surface area (Å²) < 4.78 is 41.6. The summed E-state index contributed by atoms with van der Waals surface area (Å²) >= 11 is 0. The molecule has 1 aromatic carbocycles. The third-order valence-electron chi connectivity index (χ3n) is 4.74. The van der Waals surface area contributed by atoms with Crippen LogP contribution in [0.5, 0.6) is 0 Å². The van der Waals surface area contributed by atoms with Crippen molar-refractivity contribution in [1.82, 2.24) is 19.7 Å². The van der Waals surface area contributed by atoms with E-state index in [1.165, 1.54) is 15.9 Å². The number of aryl methyl sites for hydroxylation is 1. The minimum absolute atomic E-state index is 0.161. The van der Waals surface area contributed by atoms with Gasteiger partial charge in [-0.2, -0.15) is 18.3 Å². The Hall–Kier alpha value is -3.18. The number of nitrogens with one attached hydrogen (secondary N) is 1. The number of allylic oxidation sites excluding steroid dienone is 2. The molecule has 1 unspecified atom stereocenters. The maximum atomic E-state index is 13.3. The number of fused-ring (bicyclic) bond motifs is 1. The van der Waals surface area contributed by atoms with Crippen molar-refractivity contribution in [2.45, 2.75) is 25.7 Å². The van der Waals surface area contributed by atoms with Gasteiger partial charge in [0, 0.05) is 24.0 Å². The maximum Gasteiger partial charge on any atom is 0.417 e. The Morgan fingerprint density at radius 1 is 1.27 bits per heavy atom. The van der Waals surface area contributed by atoms with Crippen LogP contribution in [0.15, 0.2) is 53.1 Å². The zero-order chi connectivity index (χ0) is 21.5. The van der Waals surface area contributed by atoms with Crippen LogP contribution in [0.1, 0.15) is 11.4 Å². The lowest BCUT2D eigenvalue weighted by Gasteiger charge is -2.26. The van der Waals surface area contributed by atoms with Crippen molar-refractivity contribution < 1.29 is 23.4 Å². The lowest BCUT2D eigenvalue weighted by atomic mass is 10.1. The first-order valence-electron chi connectivity index (χ1n) is 9.14. The van der Waals surface area contributed by atoms with Crippen LogP contribution in [0, 0.1) is 6.92 Å². The van der Waals surface area contributed by atoms with E-state index in [0.717, 1.165) is 12.3 Å². The Labute approximate surface area is 169 Å². The molecule has 30 heavy (non-hydrogen) atoms. The SMILES string of the molecule is Cc1ncn(-c2ccc(NC3=CC(C(F)(F)F)=CN4CC(CO)N=C34)cc2CO)n1. The Balaban J connectivity index is 1.68. The fourth-order valence-electron chi connectivity index (χ4n) is 3.34. The number of anilines is 1. The highest BCUT2D eigenvalue weighted by Gasteiger charge is 2.38. The van der Waals surface area contributed by atoms with Crippen LogP contribution in [-0.2, 0) is 6.61 Å². The first kappa shape index (κ1) is 20.1. The summed E-state index contributed by atoms with van der Waals surface area (Å²) in [5.74, 6) is 0.890. The Bertz CT molecular complexity index is 1060. The molecular weight excluding hydrogens is 401 g/mol. The quantitative estimate of drug-likeness (QED) is 0.684. The first-order valence-corrected chi connectivity index (χ1v) is 9.14. The molecule has 4 rings (SSSR count). The van der Waals surface area contributed by atoms with E-state index in [1.54, 1.807) is 25.1 Å². The second kappa shape index (κ2) is 7.58. The molecule has 0 fully saturated rings. The fraction of sp³-hybridized carbons (Fsp3) is 0.316. The Morgan fingerprint density at radius 2 is 2.07 bits per heavy atom. The number of aliphatic hydroxyl groups is 2. The van der Waals surface area contributed by atoms with Gasteiger partial charge in [0.1, 0.15) is 12.2 Å². The van der Waals surface area contributed by atoms with Crippen LogP contribution in [0.3, 0.4) is 0 Å². The number of hydrogen-bond donors (Lipinski definition) is 3. The molecule has 0 spiro atoms. The van der Waals surface area contributed by atoms with E-state index in [-0.39, 0.29) is 25.5 Å². The summed E-state index contributed by atoms with van der Waals surface area (Å²) in [5.41, 5.74) is 0.946. The molecular formula is C19H19F3N6O2. The van der Waals surface area contributed by atoms with Gasteiger partial charge in [0.25, 0.3) is 0 Å². The highest BCUT2D eigenvalue weighted by atomic mass is 19.4. The molecule has 1 aromatic heterocycles. The van der Waals surface area contributed by atoms with Gasteiger partial charge >= 0.3 is 6.18 Å². The third kappa shape index (κ3) is 3.81. The van der Waals surface area contributed by atoms with E-state index >= 15 is 0 Å². The highest BCUT2D eigenvalue weighted by molar-refractivity contribution is 6.04. The minimum Gasteiger partial charge on any atom is -0.394 e. The molecule has 0 saturated carbocycles. The number of benzene rings is 1. The van der Waals surface area contributed by atoms with Crippen LogP contribution in [-0.4, -0.2) is 61.1 Å². The number of aliphatic imine (C=N–C) groups is 1. The molecule has 0 saturated heterocycles. The number of nitrogens with zero attached hydrogens (tertiary/aromatic N) is 5. The smallest absolute Gasteiger partial charge is 0.394 e. The molecule has 2 aliphatic rings. The molecule has 0 radical (unpaired) electrons. The minimum atomic E-state index is -4.53. The van der Waals surface area contributed by atoms with Gasteiger partial charge in [-0.25, -0.2) is 9.67 Å². The third-order valence-corrected chi connectivity index (χ3v) is 4.74. The van der Waals surface area contributed by atoms with Crippen molar-refractivity contribution in [2.24, 2.45) is 4.99 Å². The van der Waals surface area contributed by atoms with Crippen molar-refractivity contribution in [3.63, 3.8) is 0 Å². The van der Waals surface area contributed by atoms with E-state index < -0.39 is 17.8 Å². The molecule has 2 aliphatic heterocycles. The second-order valence-electron chi connectivity index (χ2n) is 6.94. The standard InChI is InChI=1S/C19H19F3N6O2/c1-11-23-10-28(26-11)17-3-2-14(4-12(17)8-29)24-16-5-13(19(20,21)22)6-27-7-15(9-30)25-18(16)27/h2-6,10,15,24,29-30H,7-9H2,1H3. The summed E-state index contributed by atoms with van der Waals surface area (Å²) in [6.07, 6.45) is -1.03. The largest absolute Gasteiger partial charge is 0.417 e. The van der Waals surface area contributed by atoms with Gasteiger partial charge in [0.2, 0.25) is 0 Å². The number of rotatable bonds is 5. The second-order valence-corrected chi connectivity index (χ2v) is 6.94. The molecule has 2 aromatic rings. The first-order chi connectivity index (χ1) is 14.3. The van der Waals surface area contributed by atoms with Crippen molar-refractivity contribution in [2.75, 3.05) is 18.5 Å². The van der Waals surface area contributed by atoms with Gasteiger partial charge in [-0.1, -0.05) is 0 Å². The topological polar surface area (TPSA) is 98.8 Å². The van der Waals surface area contributed by atoms with Gasteiger partial charge in [0.05, 0.1) is 36.2 Å². The molecule has 1 atom stereocenters. The van der Waals surface area contributed by atoms with Crippen molar-refractivity contribution >= 4 is 11.5 Å². The van der Waals surface area contributed by atoms with E-state index in [9.17, 15) is 23.4 Å². The average molecular weight is 420 g/mol. The Morgan fingerprint density at radius 3 is 2.70 bits per heavy atom. The zero-order valence-electron chi connectivity index (χ0n) is 15.9.